The van der Waals surface area contributed by atoms with Gasteiger partial charge in [-0.25, -0.2) is 4.79 Å². The van der Waals surface area contributed by atoms with Crippen LogP contribution in [0.3, 0.4) is 0 Å². The summed E-state index contributed by atoms with van der Waals surface area (Å²) in [6.07, 6.45) is 8.46. The molecule has 0 aromatic rings. The Morgan fingerprint density at radius 2 is 1.76 bits per heavy atom. The average molecular weight is 236 g/mol. The van der Waals surface area contributed by atoms with E-state index in [9.17, 15) is 4.79 Å². The second-order valence-electron chi connectivity index (χ2n) is 4.87. The Morgan fingerprint density at radius 3 is 2.24 bits per heavy atom. The Morgan fingerprint density at radius 1 is 1.18 bits per heavy atom. The van der Waals surface area contributed by atoms with E-state index < -0.39 is 0 Å². The van der Waals surface area contributed by atoms with Crippen LogP contribution in [0, 0.1) is 0 Å². The van der Waals surface area contributed by atoms with E-state index in [1.807, 2.05) is 6.92 Å². The molecule has 17 heavy (non-hydrogen) atoms. The van der Waals surface area contributed by atoms with Crippen LogP contribution in [0.5, 0.6) is 0 Å². The van der Waals surface area contributed by atoms with E-state index >= 15 is 0 Å². The number of ether oxygens (including phenoxy) is 1. The summed E-state index contributed by atoms with van der Waals surface area (Å²) in [6, 6.07) is 0. The molecule has 1 aliphatic rings. The first kappa shape index (κ1) is 14.0. The molecular weight excluding hydrogens is 212 g/mol. The third kappa shape index (κ3) is 5.20. The fourth-order valence-corrected chi connectivity index (χ4v) is 2.30. The fraction of sp³-hybridized carbons (Fsp3) is 0.667. The van der Waals surface area contributed by atoms with Gasteiger partial charge in [0.1, 0.15) is 0 Å². The Kier molecular flexibility index (Phi) is 6.03. The topological polar surface area (TPSA) is 26.3 Å². The second-order valence-corrected chi connectivity index (χ2v) is 4.87. The van der Waals surface area contributed by atoms with Gasteiger partial charge in [0.25, 0.3) is 0 Å². The molecule has 1 rings (SSSR count). The van der Waals surface area contributed by atoms with Crippen LogP contribution in [0.4, 0.5) is 0 Å². The summed E-state index contributed by atoms with van der Waals surface area (Å²) in [5.74, 6) is -0.175. The molecule has 2 nitrogen and oxygen atoms in total. The lowest BCUT2D eigenvalue weighted by molar-refractivity contribution is -0.137. The maximum atomic E-state index is 11.4. The van der Waals surface area contributed by atoms with Crippen LogP contribution in [0.2, 0.25) is 0 Å². The van der Waals surface area contributed by atoms with Crippen molar-refractivity contribution in [1.29, 1.82) is 0 Å². The Balaban J connectivity index is 2.54. The fourth-order valence-electron chi connectivity index (χ4n) is 2.30. The quantitative estimate of drug-likeness (QED) is 0.408. The minimum absolute atomic E-state index is 0.175. The van der Waals surface area contributed by atoms with E-state index in [1.165, 1.54) is 24.0 Å². The highest BCUT2D eigenvalue weighted by atomic mass is 16.5. The molecule has 0 aliphatic heterocycles. The van der Waals surface area contributed by atoms with Gasteiger partial charge in [-0.3, -0.25) is 0 Å². The molecule has 0 saturated heterocycles. The van der Waals surface area contributed by atoms with Gasteiger partial charge in [0, 0.05) is 6.08 Å². The average Bonchev–Trinajstić information content (AvgIpc) is 2.21. The number of rotatable bonds is 2. The molecular formula is C15H24O2. The molecule has 0 unspecified atom stereocenters. The van der Waals surface area contributed by atoms with Crippen molar-refractivity contribution in [3.63, 3.8) is 0 Å². The van der Waals surface area contributed by atoms with Crippen molar-refractivity contribution in [3.05, 3.63) is 22.8 Å². The van der Waals surface area contributed by atoms with Crippen molar-refractivity contribution in [2.75, 3.05) is 6.61 Å². The van der Waals surface area contributed by atoms with Crippen LogP contribution in [0.1, 0.15) is 59.3 Å². The van der Waals surface area contributed by atoms with E-state index in [1.54, 1.807) is 11.6 Å². The predicted octanol–water partition coefficient (Wildman–Crippen LogP) is 4.17. The summed E-state index contributed by atoms with van der Waals surface area (Å²) in [5, 5.41) is 0. The van der Waals surface area contributed by atoms with E-state index in [4.69, 9.17) is 4.74 Å². The first-order chi connectivity index (χ1) is 8.13. The highest BCUT2D eigenvalue weighted by Gasteiger charge is 2.09. The van der Waals surface area contributed by atoms with Crippen molar-refractivity contribution in [3.8, 4) is 0 Å². The maximum absolute atomic E-state index is 11.4. The van der Waals surface area contributed by atoms with Gasteiger partial charge >= 0.3 is 5.97 Å². The zero-order valence-electron chi connectivity index (χ0n) is 11.3. The first-order valence-electron chi connectivity index (χ1n) is 6.65. The molecule has 0 heterocycles. The number of carbonyl (C=O) groups excluding carboxylic acids is 1. The molecule has 0 N–H and O–H groups in total. The lowest BCUT2D eigenvalue weighted by Gasteiger charge is -2.16. The van der Waals surface area contributed by atoms with E-state index in [0.29, 0.717) is 6.61 Å². The van der Waals surface area contributed by atoms with Crippen LogP contribution < -0.4 is 0 Å². The summed E-state index contributed by atoms with van der Waals surface area (Å²) < 4.78 is 4.95. The number of esters is 1. The van der Waals surface area contributed by atoms with Crippen molar-refractivity contribution < 1.29 is 9.53 Å². The van der Waals surface area contributed by atoms with E-state index in [0.717, 1.165) is 25.7 Å². The highest BCUT2D eigenvalue weighted by Crippen LogP contribution is 2.26. The molecule has 0 radical (unpaired) electrons. The zero-order valence-corrected chi connectivity index (χ0v) is 11.3. The van der Waals surface area contributed by atoms with Crippen LogP contribution in [-0.4, -0.2) is 12.6 Å². The second kappa shape index (κ2) is 7.31. The van der Waals surface area contributed by atoms with E-state index in [2.05, 4.69) is 13.8 Å². The standard InChI is InChI=1S/C15H24O2/c1-4-17-15(16)11-13-7-5-9-14(12(2)3)10-6-8-13/h11H,4-10H2,1-3H3. The summed E-state index contributed by atoms with van der Waals surface area (Å²) in [5.41, 5.74) is 4.35. The molecule has 1 fully saturated rings. The summed E-state index contributed by atoms with van der Waals surface area (Å²) in [7, 11) is 0. The Labute approximate surface area is 105 Å². The largest absolute Gasteiger partial charge is 0.463 e. The zero-order chi connectivity index (χ0) is 12.7. The van der Waals surface area contributed by atoms with Crippen molar-refractivity contribution in [2.45, 2.75) is 59.3 Å². The molecule has 0 aromatic heterocycles. The highest BCUT2D eigenvalue weighted by molar-refractivity contribution is 5.82. The molecule has 2 heteroatoms. The molecule has 0 atom stereocenters. The molecule has 1 aliphatic carbocycles. The van der Waals surface area contributed by atoms with Gasteiger partial charge in [-0.2, -0.15) is 0 Å². The van der Waals surface area contributed by atoms with Crippen molar-refractivity contribution in [2.24, 2.45) is 0 Å². The SMILES string of the molecule is CCOC(=O)C=C1CCCC(=C(C)C)CCC1. The third-order valence-electron chi connectivity index (χ3n) is 3.27. The number of carbonyl (C=O) groups is 1. The van der Waals surface area contributed by atoms with Gasteiger partial charge in [0.15, 0.2) is 0 Å². The van der Waals surface area contributed by atoms with Crippen LogP contribution in [-0.2, 0) is 9.53 Å². The molecule has 96 valence electrons. The van der Waals surface area contributed by atoms with Crippen molar-refractivity contribution in [1.82, 2.24) is 0 Å². The minimum Gasteiger partial charge on any atom is -0.463 e. The monoisotopic (exact) mass is 236 g/mol. The normalized spacial score (nSPS) is 17.1. The Bertz CT molecular complexity index is 306. The smallest absolute Gasteiger partial charge is 0.330 e. The van der Waals surface area contributed by atoms with Crippen LogP contribution in [0.25, 0.3) is 0 Å². The maximum Gasteiger partial charge on any atom is 0.330 e. The van der Waals surface area contributed by atoms with Gasteiger partial charge < -0.3 is 4.74 Å². The Hall–Kier alpha value is -1.05. The molecule has 0 spiro atoms. The van der Waals surface area contributed by atoms with Gasteiger partial charge in [-0.15, -0.1) is 0 Å². The van der Waals surface area contributed by atoms with E-state index in [-0.39, 0.29) is 5.97 Å². The van der Waals surface area contributed by atoms with Gasteiger partial charge in [0.05, 0.1) is 6.61 Å². The molecule has 0 amide bonds. The van der Waals surface area contributed by atoms with Gasteiger partial charge in [0.2, 0.25) is 0 Å². The summed E-state index contributed by atoms with van der Waals surface area (Å²) in [4.78, 5) is 11.4. The lowest BCUT2D eigenvalue weighted by Crippen LogP contribution is -2.03. The first-order valence-corrected chi connectivity index (χ1v) is 6.65. The number of hydrogen-bond donors (Lipinski definition) is 0. The number of allylic oxidation sites excluding steroid dienone is 3. The number of hydrogen-bond acceptors (Lipinski definition) is 2. The van der Waals surface area contributed by atoms with Gasteiger partial charge in [-0.05, 0) is 59.3 Å². The summed E-state index contributed by atoms with van der Waals surface area (Å²) in [6.45, 7) is 6.71. The summed E-state index contributed by atoms with van der Waals surface area (Å²) >= 11 is 0. The molecule has 0 bridgehead atoms. The molecule has 1 saturated carbocycles. The lowest BCUT2D eigenvalue weighted by atomic mass is 9.91. The molecule has 0 aromatic carbocycles. The van der Waals surface area contributed by atoms with Crippen molar-refractivity contribution >= 4 is 5.97 Å². The van der Waals surface area contributed by atoms with Crippen LogP contribution >= 0.6 is 0 Å². The minimum atomic E-state index is -0.175. The van der Waals surface area contributed by atoms with Crippen LogP contribution in [0.15, 0.2) is 22.8 Å². The third-order valence-corrected chi connectivity index (χ3v) is 3.27. The van der Waals surface area contributed by atoms with Gasteiger partial charge in [-0.1, -0.05) is 16.7 Å². The predicted molar refractivity (Wildman–Crippen MR) is 70.8 cm³/mol.